The van der Waals surface area contributed by atoms with Gasteiger partial charge in [-0.2, -0.15) is 0 Å². The second-order valence-electron chi connectivity index (χ2n) is 3.11. The van der Waals surface area contributed by atoms with Crippen LogP contribution in [0.4, 0.5) is 0 Å². The first-order valence-electron chi connectivity index (χ1n) is 4.54. The third kappa shape index (κ3) is 5.90. The van der Waals surface area contributed by atoms with E-state index in [9.17, 15) is 0 Å². The predicted molar refractivity (Wildman–Crippen MR) is 53.2 cm³/mol. The number of rotatable bonds is 2. The lowest BCUT2D eigenvalue weighted by molar-refractivity contribution is 0.219. The molecular weight excluding hydrogens is 173 g/mol. The van der Waals surface area contributed by atoms with Crippen molar-refractivity contribution in [2.24, 2.45) is 5.73 Å². The van der Waals surface area contributed by atoms with E-state index < -0.39 is 0 Å². The largest absolute Gasteiger partial charge is 0.352 e. The van der Waals surface area contributed by atoms with Crippen molar-refractivity contribution in [1.29, 1.82) is 0 Å². The smallest absolute Gasteiger partial charge is 0.152 e. The average molecular weight is 193 g/mol. The second kappa shape index (κ2) is 7.93. The fourth-order valence-corrected chi connectivity index (χ4v) is 1.52. The van der Waals surface area contributed by atoms with E-state index in [1.54, 1.807) is 0 Å². The summed E-state index contributed by atoms with van der Waals surface area (Å²) >= 11 is 0. The summed E-state index contributed by atoms with van der Waals surface area (Å²) in [5, 5.41) is 0. The maximum Gasteiger partial charge on any atom is 0.152 e. The summed E-state index contributed by atoms with van der Waals surface area (Å²) in [5.41, 5.74) is 5.60. The van der Waals surface area contributed by atoms with Crippen LogP contribution in [0.25, 0.3) is 0 Å². The molecule has 0 aliphatic heterocycles. The van der Waals surface area contributed by atoms with Crippen LogP contribution in [-0.2, 0) is 4.52 Å². The second-order valence-corrected chi connectivity index (χ2v) is 3.53. The van der Waals surface area contributed by atoms with Gasteiger partial charge in [-0.15, -0.1) is 0 Å². The average Bonchev–Trinajstić information content (AvgIpc) is 2.38. The van der Waals surface area contributed by atoms with Crippen molar-refractivity contribution in [2.75, 3.05) is 0 Å². The van der Waals surface area contributed by atoms with E-state index in [0.717, 1.165) is 19.3 Å². The number of hydrogen-bond donors (Lipinski definition) is 2. The van der Waals surface area contributed by atoms with Gasteiger partial charge in [0.25, 0.3) is 0 Å². The summed E-state index contributed by atoms with van der Waals surface area (Å²) in [4.78, 5) is 8.38. The van der Waals surface area contributed by atoms with Gasteiger partial charge in [-0.05, 0) is 19.3 Å². The van der Waals surface area contributed by atoms with E-state index in [1.165, 1.54) is 6.42 Å². The van der Waals surface area contributed by atoms with Crippen molar-refractivity contribution in [3.8, 4) is 0 Å². The molecule has 3 atom stereocenters. The van der Waals surface area contributed by atoms with Crippen LogP contribution >= 0.6 is 9.03 Å². The Bertz CT molecular complexity index is 101. The normalized spacial score (nSPS) is 29.0. The minimum atomic E-state index is -0.374. The van der Waals surface area contributed by atoms with E-state index in [-0.39, 0.29) is 15.1 Å². The van der Waals surface area contributed by atoms with E-state index in [1.807, 2.05) is 0 Å². The monoisotopic (exact) mass is 193 g/mol. The van der Waals surface area contributed by atoms with E-state index in [0.29, 0.717) is 6.04 Å². The minimum absolute atomic E-state index is 0.225. The molecule has 0 bridgehead atoms. The SMILES string of the molecule is CCC.NC1CCC(OPO)C1. The van der Waals surface area contributed by atoms with Crippen molar-refractivity contribution in [1.82, 2.24) is 0 Å². The summed E-state index contributed by atoms with van der Waals surface area (Å²) in [5.74, 6) is 0. The van der Waals surface area contributed by atoms with Crippen molar-refractivity contribution in [3.05, 3.63) is 0 Å². The molecule has 1 aliphatic carbocycles. The highest BCUT2D eigenvalue weighted by Crippen LogP contribution is 2.24. The molecule has 1 rings (SSSR count). The Morgan fingerprint density at radius 2 is 2.08 bits per heavy atom. The molecule has 1 saturated carbocycles. The molecule has 74 valence electrons. The van der Waals surface area contributed by atoms with Crippen LogP contribution in [0.1, 0.15) is 39.5 Å². The summed E-state index contributed by atoms with van der Waals surface area (Å²) in [6.45, 7) is 4.25. The zero-order chi connectivity index (χ0) is 9.40. The maximum atomic E-state index is 8.38. The molecule has 0 aromatic rings. The topological polar surface area (TPSA) is 55.5 Å². The molecule has 0 amide bonds. The quantitative estimate of drug-likeness (QED) is 0.657. The highest BCUT2D eigenvalue weighted by molar-refractivity contribution is 7.25. The van der Waals surface area contributed by atoms with Crippen LogP contribution in [0, 0.1) is 0 Å². The van der Waals surface area contributed by atoms with Crippen molar-refractivity contribution in [3.63, 3.8) is 0 Å². The fourth-order valence-electron chi connectivity index (χ4n) is 1.15. The van der Waals surface area contributed by atoms with E-state index in [4.69, 9.17) is 15.2 Å². The zero-order valence-electron chi connectivity index (χ0n) is 7.92. The molecule has 0 saturated heterocycles. The van der Waals surface area contributed by atoms with Gasteiger partial charge in [0.05, 0.1) is 6.10 Å². The van der Waals surface area contributed by atoms with Crippen LogP contribution in [0.15, 0.2) is 0 Å². The number of nitrogens with two attached hydrogens (primary N) is 1. The zero-order valence-corrected chi connectivity index (χ0v) is 8.92. The summed E-state index contributed by atoms with van der Waals surface area (Å²) in [7, 11) is -0.374. The Hall–Kier alpha value is 0.310. The van der Waals surface area contributed by atoms with Gasteiger partial charge in [-0.25, -0.2) is 0 Å². The van der Waals surface area contributed by atoms with Crippen LogP contribution in [0.5, 0.6) is 0 Å². The van der Waals surface area contributed by atoms with E-state index >= 15 is 0 Å². The van der Waals surface area contributed by atoms with Gasteiger partial charge in [0.2, 0.25) is 0 Å². The van der Waals surface area contributed by atoms with Gasteiger partial charge in [0.15, 0.2) is 9.03 Å². The van der Waals surface area contributed by atoms with Crippen LogP contribution in [-0.4, -0.2) is 17.0 Å². The van der Waals surface area contributed by atoms with Gasteiger partial charge in [-0.3, -0.25) is 0 Å². The first-order chi connectivity index (χ1) is 5.74. The highest BCUT2D eigenvalue weighted by Gasteiger charge is 2.21. The Kier molecular flexibility index (Phi) is 8.14. The predicted octanol–water partition coefficient (Wildman–Crippen LogP) is 1.80. The first-order valence-corrected chi connectivity index (χ1v) is 5.40. The van der Waals surface area contributed by atoms with Crippen LogP contribution < -0.4 is 5.73 Å². The van der Waals surface area contributed by atoms with Crippen LogP contribution in [0.2, 0.25) is 0 Å². The lowest BCUT2D eigenvalue weighted by Gasteiger charge is -2.06. The molecule has 0 heterocycles. The Morgan fingerprint density at radius 3 is 2.42 bits per heavy atom. The molecule has 1 fully saturated rings. The Balaban J connectivity index is 0.000000354. The Morgan fingerprint density at radius 1 is 1.50 bits per heavy atom. The number of hydrogen-bond acceptors (Lipinski definition) is 3. The van der Waals surface area contributed by atoms with Gasteiger partial charge in [0.1, 0.15) is 0 Å². The minimum Gasteiger partial charge on any atom is -0.352 e. The molecule has 0 radical (unpaired) electrons. The fraction of sp³-hybridized carbons (Fsp3) is 1.00. The molecular formula is C8H20NO2P. The Labute approximate surface area is 76.6 Å². The molecule has 12 heavy (non-hydrogen) atoms. The van der Waals surface area contributed by atoms with Gasteiger partial charge in [-0.1, -0.05) is 20.3 Å². The summed E-state index contributed by atoms with van der Waals surface area (Å²) < 4.78 is 4.98. The summed E-state index contributed by atoms with van der Waals surface area (Å²) in [6.07, 6.45) is 4.43. The molecule has 0 spiro atoms. The standard InChI is InChI=1S/C5H12NO2P.C3H8/c6-4-1-2-5(3-4)8-9-7;1-3-2/h4-5,7,9H,1-3,6H2;3H2,1-2H3. The molecule has 1 aliphatic rings. The highest BCUT2D eigenvalue weighted by atomic mass is 31.1. The van der Waals surface area contributed by atoms with Crippen LogP contribution in [0.3, 0.4) is 0 Å². The molecule has 3 N–H and O–H groups in total. The lowest BCUT2D eigenvalue weighted by Crippen LogP contribution is -2.16. The lowest BCUT2D eigenvalue weighted by atomic mass is 10.3. The molecule has 3 unspecified atom stereocenters. The maximum absolute atomic E-state index is 8.38. The van der Waals surface area contributed by atoms with Gasteiger partial charge < -0.3 is 15.2 Å². The van der Waals surface area contributed by atoms with Gasteiger partial charge >= 0.3 is 0 Å². The first kappa shape index (κ1) is 12.3. The molecule has 4 heteroatoms. The van der Waals surface area contributed by atoms with Crippen molar-refractivity contribution in [2.45, 2.75) is 51.7 Å². The van der Waals surface area contributed by atoms with Crippen molar-refractivity contribution >= 4 is 9.03 Å². The van der Waals surface area contributed by atoms with Gasteiger partial charge in [0, 0.05) is 6.04 Å². The van der Waals surface area contributed by atoms with Crippen molar-refractivity contribution < 1.29 is 9.42 Å². The summed E-state index contributed by atoms with van der Waals surface area (Å²) in [6, 6.07) is 0.298. The molecule has 0 aromatic carbocycles. The third-order valence-corrected chi connectivity index (χ3v) is 2.08. The third-order valence-electron chi connectivity index (χ3n) is 1.64. The molecule has 3 nitrogen and oxygen atoms in total. The van der Waals surface area contributed by atoms with E-state index in [2.05, 4.69) is 13.8 Å². The molecule has 0 aromatic heterocycles.